The first kappa shape index (κ1) is 15.6. The summed E-state index contributed by atoms with van der Waals surface area (Å²) in [5, 5.41) is 0. The summed E-state index contributed by atoms with van der Waals surface area (Å²) in [7, 11) is -3.56. The summed E-state index contributed by atoms with van der Waals surface area (Å²) in [5.41, 5.74) is 8.05. The van der Waals surface area contributed by atoms with Crippen molar-refractivity contribution in [1.29, 1.82) is 0 Å². The smallest absolute Gasteiger partial charge is 0.241 e. The van der Waals surface area contributed by atoms with E-state index in [9.17, 15) is 8.42 Å². The normalized spacial score (nSPS) is 11.5. The Morgan fingerprint density at radius 3 is 2.48 bits per heavy atom. The molecule has 0 unspecified atom stereocenters. The van der Waals surface area contributed by atoms with E-state index in [-0.39, 0.29) is 6.54 Å². The molecule has 0 atom stereocenters. The van der Waals surface area contributed by atoms with E-state index in [4.69, 9.17) is 5.73 Å². The van der Waals surface area contributed by atoms with Gasteiger partial charge in [-0.15, -0.1) is 0 Å². The lowest BCUT2D eigenvalue weighted by atomic mass is 10.1. The molecule has 0 fully saturated rings. The van der Waals surface area contributed by atoms with E-state index in [1.165, 1.54) is 0 Å². The molecule has 0 spiro atoms. The van der Waals surface area contributed by atoms with Crippen LogP contribution in [0.5, 0.6) is 0 Å². The molecule has 0 saturated carbocycles. The minimum atomic E-state index is -3.56. The Bertz CT molecular complexity index is 700. The highest BCUT2D eigenvalue weighted by atomic mass is 32.2. The first-order valence-corrected chi connectivity index (χ1v) is 8.25. The highest BCUT2D eigenvalue weighted by Gasteiger charge is 2.18. The number of aromatic nitrogens is 1. The summed E-state index contributed by atoms with van der Waals surface area (Å²) in [6.07, 6.45) is 3.92. The molecule has 2 aromatic rings. The summed E-state index contributed by atoms with van der Waals surface area (Å²) < 4.78 is 27.6. The van der Waals surface area contributed by atoms with Crippen LogP contribution in [0.4, 0.5) is 0 Å². The summed E-state index contributed by atoms with van der Waals surface area (Å²) in [6, 6.07) is 8.89. The van der Waals surface area contributed by atoms with Gasteiger partial charge in [-0.1, -0.05) is 19.1 Å². The van der Waals surface area contributed by atoms with E-state index in [0.717, 1.165) is 16.7 Å². The number of benzene rings is 1. The molecule has 21 heavy (non-hydrogen) atoms. The maximum Gasteiger partial charge on any atom is 0.241 e. The van der Waals surface area contributed by atoms with Gasteiger partial charge in [0.25, 0.3) is 0 Å². The highest BCUT2D eigenvalue weighted by Crippen LogP contribution is 2.18. The van der Waals surface area contributed by atoms with E-state index in [2.05, 4.69) is 9.71 Å². The van der Waals surface area contributed by atoms with Crippen molar-refractivity contribution in [3.63, 3.8) is 0 Å². The van der Waals surface area contributed by atoms with Crippen molar-refractivity contribution in [2.75, 3.05) is 0 Å². The predicted molar refractivity (Wildman–Crippen MR) is 82.0 cm³/mol. The molecule has 3 N–H and O–H groups in total. The number of rotatable bonds is 6. The van der Waals surface area contributed by atoms with Gasteiger partial charge in [0, 0.05) is 25.5 Å². The number of hydrogen-bond acceptors (Lipinski definition) is 4. The lowest BCUT2D eigenvalue weighted by Crippen LogP contribution is -2.24. The third kappa shape index (κ3) is 3.87. The van der Waals surface area contributed by atoms with Gasteiger partial charge in [-0.05, 0) is 41.3 Å². The molecular weight excluding hydrogens is 286 g/mol. The van der Waals surface area contributed by atoms with Gasteiger partial charge in [-0.3, -0.25) is 4.98 Å². The van der Waals surface area contributed by atoms with Crippen molar-refractivity contribution < 1.29 is 8.42 Å². The Labute approximate surface area is 125 Å². The molecule has 0 aliphatic rings. The van der Waals surface area contributed by atoms with Crippen molar-refractivity contribution in [3.8, 4) is 0 Å². The summed E-state index contributed by atoms with van der Waals surface area (Å²) in [5.74, 6) is 0. The van der Waals surface area contributed by atoms with Crippen LogP contribution < -0.4 is 10.5 Å². The molecule has 1 heterocycles. The lowest BCUT2D eigenvalue weighted by molar-refractivity contribution is 0.580. The molecule has 112 valence electrons. The Hall–Kier alpha value is -1.76. The van der Waals surface area contributed by atoms with Crippen LogP contribution in [0.2, 0.25) is 0 Å². The molecule has 1 aromatic carbocycles. The number of aryl methyl sites for hydroxylation is 1. The molecule has 5 nitrogen and oxygen atoms in total. The van der Waals surface area contributed by atoms with Crippen molar-refractivity contribution in [1.82, 2.24) is 9.71 Å². The van der Waals surface area contributed by atoms with Gasteiger partial charge in [0.2, 0.25) is 10.0 Å². The Morgan fingerprint density at radius 1 is 1.14 bits per heavy atom. The quantitative estimate of drug-likeness (QED) is 0.848. The summed E-state index contributed by atoms with van der Waals surface area (Å²) in [4.78, 5) is 4.21. The minimum Gasteiger partial charge on any atom is -0.326 e. The molecule has 0 radical (unpaired) electrons. The van der Waals surface area contributed by atoms with Crippen LogP contribution in [0.1, 0.15) is 23.6 Å². The molecule has 0 aliphatic carbocycles. The van der Waals surface area contributed by atoms with E-state index >= 15 is 0 Å². The van der Waals surface area contributed by atoms with Gasteiger partial charge in [0.1, 0.15) is 0 Å². The van der Waals surface area contributed by atoms with Gasteiger partial charge in [0.05, 0.1) is 4.90 Å². The van der Waals surface area contributed by atoms with Gasteiger partial charge in [-0.2, -0.15) is 0 Å². The fraction of sp³-hybridized carbons (Fsp3) is 0.267. The molecule has 2 rings (SSSR count). The van der Waals surface area contributed by atoms with Crippen LogP contribution >= 0.6 is 0 Å². The van der Waals surface area contributed by atoms with Crippen molar-refractivity contribution in [3.05, 3.63) is 59.4 Å². The largest absolute Gasteiger partial charge is 0.326 e. The van der Waals surface area contributed by atoms with Crippen molar-refractivity contribution >= 4 is 10.0 Å². The number of nitrogens with zero attached hydrogens (tertiary/aromatic N) is 1. The highest BCUT2D eigenvalue weighted by molar-refractivity contribution is 7.89. The number of nitrogens with one attached hydrogen (secondary N) is 1. The summed E-state index contributed by atoms with van der Waals surface area (Å²) >= 11 is 0. The zero-order valence-electron chi connectivity index (χ0n) is 11.9. The van der Waals surface area contributed by atoms with E-state index < -0.39 is 10.0 Å². The fourth-order valence-electron chi connectivity index (χ4n) is 2.02. The number of pyridine rings is 1. The maximum absolute atomic E-state index is 12.5. The minimum absolute atomic E-state index is 0.237. The van der Waals surface area contributed by atoms with Gasteiger partial charge in [0.15, 0.2) is 0 Å². The first-order chi connectivity index (χ1) is 10.1. The van der Waals surface area contributed by atoms with Crippen LogP contribution in [-0.4, -0.2) is 13.4 Å². The third-order valence-corrected chi connectivity index (χ3v) is 4.74. The molecule has 6 heteroatoms. The maximum atomic E-state index is 12.5. The second-order valence-corrected chi connectivity index (χ2v) is 6.42. The monoisotopic (exact) mass is 305 g/mol. The number of nitrogens with two attached hydrogens (primary N) is 1. The number of sulfonamides is 1. The average Bonchev–Trinajstić information content (AvgIpc) is 2.53. The van der Waals surface area contributed by atoms with Crippen molar-refractivity contribution in [2.45, 2.75) is 31.3 Å². The molecule has 0 amide bonds. The van der Waals surface area contributed by atoms with E-state index in [0.29, 0.717) is 17.9 Å². The van der Waals surface area contributed by atoms with Gasteiger partial charge >= 0.3 is 0 Å². The zero-order valence-corrected chi connectivity index (χ0v) is 12.7. The third-order valence-electron chi connectivity index (χ3n) is 3.25. The molecule has 1 aromatic heterocycles. The molecule has 0 aliphatic heterocycles. The Kier molecular flexibility index (Phi) is 5.06. The molecule has 0 saturated heterocycles. The second kappa shape index (κ2) is 6.80. The average molecular weight is 305 g/mol. The number of hydrogen-bond donors (Lipinski definition) is 2. The van der Waals surface area contributed by atoms with Crippen molar-refractivity contribution in [2.24, 2.45) is 5.73 Å². The van der Waals surface area contributed by atoms with Crippen LogP contribution in [0.3, 0.4) is 0 Å². The van der Waals surface area contributed by atoms with E-state index in [1.807, 2.05) is 19.1 Å². The first-order valence-electron chi connectivity index (χ1n) is 6.77. The van der Waals surface area contributed by atoms with Crippen LogP contribution in [0.15, 0.2) is 47.6 Å². The van der Waals surface area contributed by atoms with Crippen LogP contribution in [-0.2, 0) is 29.5 Å². The van der Waals surface area contributed by atoms with Crippen LogP contribution in [0, 0.1) is 0 Å². The zero-order chi connectivity index (χ0) is 15.3. The lowest BCUT2D eigenvalue weighted by Gasteiger charge is -2.12. The predicted octanol–water partition coefficient (Wildman–Crippen LogP) is 1.58. The molecular formula is C15H19N3O2S. The SMILES string of the molecule is CCc1ccc(CN)cc1S(=O)(=O)NCc1ccncc1. The standard InChI is InChI=1S/C15H19N3O2S/c1-2-14-4-3-13(10-16)9-15(14)21(19,20)18-11-12-5-7-17-8-6-12/h3-9,18H,2,10-11,16H2,1H3. The fourth-order valence-corrected chi connectivity index (χ4v) is 3.40. The Balaban J connectivity index is 2.26. The second-order valence-electron chi connectivity index (χ2n) is 4.68. The van der Waals surface area contributed by atoms with Gasteiger partial charge < -0.3 is 5.73 Å². The van der Waals surface area contributed by atoms with Crippen LogP contribution in [0.25, 0.3) is 0 Å². The Morgan fingerprint density at radius 2 is 1.86 bits per heavy atom. The van der Waals surface area contributed by atoms with Gasteiger partial charge in [-0.25, -0.2) is 13.1 Å². The molecule has 0 bridgehead atoms. The topological polar surface area (TPSA) is 85.1 Å². The van der Waals surface area contributed by atoms with E-state index in [1.54, 1.807) is 30.6 Å². The summed E-state index contributed by atoms with van der Waals surface area (Å²) in [6.45, 7) is 2.48.